The average Bonchev–Trinajstić information content (AvgIpc) is 1.35. The molecule has 0 atom stereocenters. The van der Waals surface area contributed by atoms with Crippen molar-refractivity contribution in [3.63, 3.8) is 0 Å². The largest absolute Gasteiger partial charge is 0.185 e. The summed E-state index contributed by atoms with van der Waals surface area (Å²) >= 11 is 0. The van der Waals surface area contributed by atoms with Crippen LogP contribution < -0.4 is 0 Å². The topological polar surface area (TPSA) is 48.6 Å². The number of hydrogen-bond acceptors (Lipinski definition) is 2. The van der Waals surface area contributed by atoms with Gasteiger partial charge in [-0.3, -0.25) is 0 Å². The van der Waals surface area contributed by atoms with Gasteiger partial charge >= 0.3 is 0 Å². The zero-order valence-corrected chi connectivity index (χ0v) is 3.89. The predicted octanol–water partition coefficient (Wildman–Crippen LogP) is 1.41. The maximum absolute atomic E-state index is 6.17. The van der Waals surface area contributed by atoms with Crippen LogP contribution in [0.3, 0.4) is 0 Å². The van der Waals surface area contributed by atoms with Crippen LogP contribution in [0, 0.1) is 5.53 Å². The number of hydrogen-bond donors (Lipinski definition) is 1. The van der Waals surface area contributed by atoms with Crippen molar-refractivity contribution in [2.45, 2.75) is 13.8 Å². The smallest absolute Gasteiger partial charge is 0.0362 e. The van der Waals surface area contributed by atoms with Gasteiger partial charge in [0.1, 0.15) is 0 Å². The minimum Gasteiger partial charge on any atom is -0.185 e. The monoisotopic (exact) mass is 85.1 g/mol. The Morgan fingerprint density at radius 3 is 2.00 bits per heavy atom. The summed E-state index contributed by atoms with van der Waals surface area (Å²) in [5.74, 6) is 0. The molecule has 0 aliphatic carbocycles. The van der Waals surface area contributed by atoms with E-state index >= 15 is 0 Å². The first kappa shape index (κ1) is 5.27. The fourth-order valence-corrected chi connectivity index (χ4v) is 0.100. The van der Waals surface area contributed by atoms with Gasteiger partial charge in [-0.1, -0.05) is 5.22 Å². The van der Waals surface area contributed by atoms with Gasteiger partial charge in [-0.05, 0) is 13.8 Å². The Morgan fingerprint density at radius 1 is 1.50 bits per heavy atom. The van der Waals surface area contributed by atoms with Gasteiger partial charge in [-0.15, -0.1) is 5.10 Å². The number of nitrogens with zero attached hydrogens (tertiary/aromatic N) is 2. The van der Waals surface area contributed by atoms with Crippen molar-refractivity contribution in [1.82, 2.24) is 0 Å². The van der Waals surface area contributed by atoms with E-state index in [1.807, 2.05) is 0 Å². The second-order valence-corrected chi connectivity index (χ2v) is 1.15. The second-order valence-electron chi connectivity index (χ2n) is 1.15. The van der Waals surface area contributed by atoms with Gasteiger partial charge in [-0.25, -0.2) is 0 Å². The van der Waals surface area contributed by atoms with E-state index in [2.05, 4.69) is 10.3 Å². The highest BCUT2D eigenvalue weighted by Crippen LogP contribution is 1.71. The summed E-state index contributed by atoms with van der Waals surface area (Å²) in [6.07, 6.45) is 0. The summed E-state index contributed by atoms with van der Waals surface area (Å²) < 4.78 is 0. The first-order valence-corrected chi connectivity index (χ1v) is 1.65. The number of rotatable bonds is 1. The molecule has 0 saturated carbocycles. The van der Waals surface area contributed by atoms with Crippen LogP contribution in [0.2, 0.25) is 0 Å². The normalized spacial score (nSPS) is 7.00. The van der Waals surface area contributed by atoms with Crippen LogP contribution in [0.4, 0.5) is 0 Å². The van der Waals surface area contributed by atoms with E-state index in [0.717, 1.165) is 5.71 Å². The lowest BCUT2D eigenvalue weighted by molar-refractivity contribution is 0.986. The molecular formula is C3H7N3. The molecule has 0 heterocycles. The van der Waals surface area contributed by atoms with Gasteiger partial charge in [0.05, 0.1) is 0 Å². The van der Waals surface area contributed by atoms with E-state index in [0.29, 0.717) is 0 Å². The molecule has 0 spiro atoms. The van der Waals surface area contributed by atoms with E-state index in [1.165, 1.54) is 0 Å². The molecule has 0 rings (SSSR count). The minimum absolute atomic E-state index is 0.810. The Balaban J connectivity index is 3.41. The Kier molecular flexibility index (Phi) is 2.20. The van der Waals surface area contributed by atoms with Crippen molar-refractivity contribution in [2.24, 2.45) is 10.3 Å². The summed E-state index contributed by atoms with van der Waals surface area (Å²) in [6, 6.07) is 0. The third-order valence-corrected chi connectivity index (χ3v) is 0.250. The molecule has 3 heteroatoms. The highest BCUT2D eigenvalue weighted by molar-refractivity contribution is 5.78. The average molecular weight is 85.1 g/mol. The molecule has 0 unspecified atom stereocenters. The van der Waals surface area contributed by atoms with E-state index in [4.69, 9.17) is 5.53 Å². The van der Waals surface area contributed by atoms with Gasteiger partial charge in [-0.2, -0.15) is 5.53 Å². The van der Waals surface area contributed by atoms with Crippen LogP contribution in [0.1, 0.15) is 13.8 Å². The van der Waals surface area contributed by atoms with Crippen LogP contribution in [0.5, 0.6) is 0 Å². The first-order chi connectivity index (χ1) is 2.77. The zero-order chi connectivity index (χ0) is 4.99. The lowest BCUT2D eigenvalue weighted by Crippen LogP contribution is -1.73. The molecule has 6 heavy (non-hydrogen) atoms. The third kappa shape index (κ3) is 3.27. The zero-order valence-electron chi connectivity index (χ0n) is 3.89. The van der Waals surface area contributed by atoms with Gasteiger partial charge in [0.15, 0.2) is 0 Å². The molecule has 34 valence electrons. The van der Waals surface area contributed by atoms with Crippen LogP contribution in [-0.4, -0.2) is 5.71 Å². The van der Waals surface area contributed by atoms with E-state index in [-0.39, 0.29) is 0 Å². The Hall–Kier alpha value is -0.730. The highest BCUT2D eigenvalue weighted by Gasteiger charge is 1.67. The van der Waals surface area contributed by atoms with Crippen molar-refractivity contribution in [3.8, 4) is 0 Å². The van der Waals surface area contributed by atoms with Gasteiger partial charge in [0.2, 0.25) is 0 Å². The summed E-state index contributed by atoms with van der Waals surface area (Å²) in [4.78, 5) is 0. The molecule has 0 aromatic rings. The molecule has 0 aromatic carbocycles. The fourth-order valence-electron chi connectivity index (χ4n) is 0.100. The van der Waals surface area contributed by atoms with Gasteiger partial charge in [0.25, 0.3) is 0 Å². The lowest BCUT2D eigenvalue weighted by Gasteiger charge is -1.73. The van der Waals surface area contributed by atoms with Crippen molar-refractivity contribution in [3.05, 3.63) is 0 Å². The third-order valence-electron chi connectivity index (χ3n) is 0.250. The fraction of sp³-hybridized carbons (Fsp3) is 0.667. The molecule has 0 fully saturated rings. The van der Waals surface area contributed by atoms with Crippen LogP contribution in [0.25, 0.3) is 0 Å². The molecule has 0 aliphatic rings. The molecule has 3 nitrogen and oxygen atoms in total. The summed E-state index contributed by atoms with van der Waals surface area (Å²) in [5.41, 5.74) is 6.98. The lowest BCUT2D eigenvalue weighted by atomic mass is 10.5. The maximum Gasteiger partial charge on any atom is 0.0362 e. The van der Waals surface area contributed by atoms with Gasteiger partial charge in [0, 0.05) is 5.71 Å². The molecule has 0 bridgehead atoms. The summed E-state index contributed by atoms with van der Waals surface area (Å²) in [7, 11) is 0. The maximum atomic E-state index is 6.17. The van der Waals surface area contributed by atoms with Crippen molar-refractivity contribution in [2.75, 3.05) is 0 Å². The molecule has 0 amide bonds. The summed E-state index contributed by atoms with van der Waals surface area (Å²) in [5, 5.41) is 6.11. The molecular weight excluding hydrogens is 78.1 g/mol. The van der Waals surface area contributed by atoms with E-state index in [1.54, 1.807) is 13.8 Å². The van der Waals surface area contributed by atoms with Crippen LogP contribution >= 0.6 is 0 Å². The Labute approximate surface area is 36.6 Å². The highest BCUT2D eigenvalue weighted by atomic mass is 15.3. The molecule has 0 saturated heterocycles. The van der Waals surface area contributed by atoms with Crippen molar-refractivity contribution >= 4 is 5.71 Å². The van der Waals surface area contributed by atoms with Gasteiger partial charge < -0.3 is 0 Å². The van der Waals surface area contributed by atoms with E-state index < -0.39 is 0 Å². The Morgan fingerprint density at radius 2 is 2.00 bits per heavy atom. The Bertz CT molecular complexity index is 70.1. The van der Waals surface area contributed by atoms with Crippen LogP contribution in [-0.2, 0) is 0 Å². The predicted molar refractivity (Wildman–Crippen MR) is 23.9 cm³/mol. The first-order valence-electron chi connectivity index (χ1n) is 1.65. The standard InChI is InChI=1S/C3H7N3/c1-3(2)5-6-4/h4H,1-2H3. The molecule has 0 radical (unpaired) electrons. The SMILES string of the molecule is CC(C)=NN=N. The minimum atomic E-state index is 0.810. The summed E-state index contributed by atoms with van der Waals surface area (Å²) in [6.45, 7) is 3.58. The second kappa shape index (κ2) is 2.50. The van der Waals surface area contributed by atoms with Crippen LogP contribution in [0.15, 0.2) is 10.3 Å². The van der Waals surface area contributed by atoms with E-state index in [9.17, 15) is 0 Å². The van der Waals surface area contributed by atoms with Crippen molar-refractivity contribution in [1.29, 1.82) is 5.53 Å². The molecule has 0 aliphatic heterocycles. The van der Waals surface area contributed by atoms with Crippen molar-refractivity contribution < 1.29 is 0 Å². The quantitative estimate of drug-likeness (QED) is 0.284. The molecule has 1 N–H and O–H groups in total. The number of nitrogens with one attached hydrogen (secondary N) is 1. The molecule has 0 aromatic heterocycles.